The van der Waals surface area contributed by atoms with Crippen molar-refractivity contribution in [2.45, 2.75) is 89.6 Å². The second kappa shape index (κ2) is 8.65. The third kappa shape index (κ3) is 3.37. The Hall–Kier alpha value is -2.44. The monoisotopic (exact) mass is 462 g/mol. The van der Waals surface area contributed by atoms with E-state index in [0.717, 1.165) is 61.6 Å². The second-order valence-electron chi connectivity index (χ2n) is 10.7. The molecule has 1 aromatic carbocycles. The highest BCUT2D eigenvalue weighted by atomic mass is 16.5. The van der Waals surface area contributed by atoms with Gasteiger partial charge in [0.05, 0.1) is 6.10 Å². The molecule has 6 nitrogen and oxygen atoms in total. The van der Waals surface area contributed by atoms with Crippen molar-refractivity contribution in [2.24, 2.45) is 16.1 Å². The zero-order valence-corrected chi connectivity index (χ0v) is 20.9. The van der Waals surface area contributed by atoms with Crippen LogP contribution in [-0.2, 0) is 23.1 Å². The molecule has 0 amide bonds. The lowest BCUT2D eigenvalue weighted by Gasteiger charge is -2.48. The number of ether oxygens (including phenoxy) is 1. The topological polar surface area (TPSA) is 84.0 Å². The Balaban J connectivity index is 1.64. The van der Waals surface area contributed by atoms with Crippen molar-refractivity contribution in [1.29, 1.82) is 0 Å². The number of hydrogen-bond donors (Lipinski definition) is 2. The van der Waals surface area contributed by atoms with Crippen LogP contribution in [-0.4, -0.2) is 46.4 Å². The van der Waals surface area contributed by atoms with Crippen molar-refractivity contribution >= 4 is 5.96 Å². The van der Waals surface area contributed by atoms with Crippen molar-refractivity contribution in [3.8, 4) is 11.1 Å². The van der Waals surface area contributed by atoms with Crippen LogP contribution in [0.3, 0.4) is 0 Å². The van der Waals surface area contributed by atoms with E-state index in [1.165, 1.54) is 11.1 Å². The fraction of sp³-hybridized carbons (Fsp3) is 0.571. The van der Waals surface area contributed by atoms with E-state index in [2.05, 4.69) is 50.0 Å². The summed E-state index contributed by atoms with van der Waals surface area (Å²) in [5.41, 5.74) is 11.5. The van der Waals surface area contributed by atoms with Gasteiger partial charge in [0.15, 0.2) is 12.2 Å². The zero-order chi connectivity index (χ0) is 24.1. The molecular weight excluding hydrogens is 424 g/mol. The van der Waals surface area contributed by atoms with Crippen molar-refractivity contribution < 1.29 is 9.84 Å². The number of aliphatic hydroxyl groups is 1. The van der Waals surface area contributed by atoms with Crippen LogP contribution in [0.15, 0.2) is 41.7 Å². The molecule has 0 radical (unpaired) electrons. The van der Waals surface area contributed by atoms with Gasteiger partial charge in [-0.25, -0.2) is 4.99 Å². The molecule has 3 aliphatic rings. The highest BCUT2D eigenvalue weighted by molar-refractivity contribution is 5.83. The lowest BCUT2D eigenvalue weighted by molar-refractivity contribution is -0.0879. The van der Waals surface area contributed by atoms with E-state index < -0.39 is 11.8 Å². The average Bonchev–Trinajstić information content (AvgIpc) is 3.25. The lowest BCUT2D eigenvalue weighted by Crippen LogP contribution is -2.56. The van der Waals surface area contributed by atoms with Gasteiger partial charge in [0.25, 0.3) is 0 Å². The quantitative estimate of drug-likeness (QED) is 0.689. The maximum atomic E-state index is 11.9. The Labute approximate surface area is 203 Å². The van der Waals surface area contributed by atoms with Crippen LogP contribution in [0.2, 0.25) is 0 Å². The fourth-order valence-corrected chi connectivity index (χ4v) is 6.82. The number of pyridine rings is 1. The molecule has 1 aromatic heterocycles. The van der Waals surface area contributed by atoms with Gasteiger partial charge < -0.3 is 20.5 Å². The number of benzene rings is 1. The van der Waals surface area contributed by atoms with Gasteiger partial charge in [-0.1, -0.05) is 25.5 Å². The first-order chi connectivity index (χ1) is 16.3. The first-order valence-electron chi connectivity index (χ1n) is 12.8. The smallest absolute Gasteiger partial charge is 0.194 e. The molecule has 2 heterocycles. The van der Waals surface area contributed by atoms with E-state index in [4.69, 9.17) is 15.5 Å². The number of nitrogens with zero attached hydrogens (tertiary/aromatic N) is 3. The molecule has 1 aliphatic heterocycles. The van der Waals surface area contributed by atoms with Crippen LogP contribution < -0.4 is 5.73 Å². The Morgan fingerprint density at radius 2 is 1.94 bits per heavy atom. The number of methoxy groups -OCH3 is 1. The second-order valence-corrected chi connectivity index (χ2v) is 10.7. The standard InChI is InChI=1S/C28H38N4O2/c1-5-6-19-13-22(17-30-16-19)20-7-8-21-15-27(11-9-23(34-4)10-12-27)28(24(21)14-20)25(33)32(18(2)3)26(29)31-28/h7-8,13-14,16-18,23,25,33H,5-6,9-12,15H2,1-4H3,(H2,29,31). The van der Waals surface area contributed by atoms with Crippen molar-refractivity contribution in [1.82, 2.24) is 9.88 Å². The first kappa shape index (κ1) is 23.3. The van der Waals surface area contributed by atoms with Crippen LogP contribution in [0.1, 0.15) is 69.6 Å². The number of aromatic nitrogens is 1. The summed E-state index contributed by atoms with van der Waals surface area (Å²) >= 11 is 0. The normalized spacial score (nSPS) is 30.4. The number of nitrogens with two attached hydrogens (primary N) is 1. The molecule has 1 saturated carbocycles. The average molecular weight is 463 g/mol. The molecule has 5 rings (SSSR count). The van der Waals surface area contributed by atoms with Crippen molar-refractivity contribution in [3.63, 3.8) is 0 Å². The number of aliphatic hydroxyl groups excluding tert-OH is 1. The minimum absolute atomic E-state index is 0.0626. The molecule has 6 heteroatoms. The largest absolute Gasteiger partial charge is 0.381 e. The Morgan fingerprint density at radius 3 is 2.59 bits per heavy atom. The summed E-state index contributed by atoms with van der Waals surface area (Å²) in [5.74, 6) is 0.445. The molecule has 0 bridgehead atoms. The van der Waals surface area contributed by atoms with Gasteiger partial charge in [-0.3, -0.25) is 4.98 Å². The molecule has 0 saturated heterocycles. The summed E-state index contributed by atoms with van der Waals surface area (Å²) in [5, 5.41) is 11.9. The Kier molecular flexibility index (Phi) is 5.93. The SMILES string of the molecule is CCCc1cncc(-c2ccc3c(c2)C2(N=C(N)N(C(C)C)C2O)C2(CCC(OC)CC2)C3)c1. The molecule has 2 spiro atoms. The molecule has 2 atom stereocenters. The molecular formula is C28H38N4O2. The Bertz CT molecular complexity index is 1090. The fourth-order valence-electron chi connectivity index (χ4n) is 6.82. The third-order valence-electron chi connectivity index (χ3n) is 8.50. The van der Waals surface area contributed by atoms with Gasteiger partial charge in [-0.2, -0.15) is 0 Å². The minimum atomic E-state index is -0.785. The molecule has 182 valence electrons. The first-order valence-corrected chi connectivity index (χ1v) is 12.8. The molecule has 2 aliphatic carbocycles. The lowest BCUT2D eigenvalue weighted by atomic mass is 9.61. The maximum Gasteiger partial charge on any atom is 0.194 e. The number of fused-ring (bicyclic) bond motifs is 3. The zero-order valence-electron chi connectivity index (χ0n) is 20.9. The number of aryl methyl sites for hydroxylation is 1. The number of guanidine groups is 1. The van der Waals surface area contributed by atoms with Crippen LogP contribution in [0.4, 0.5) is 0 Å². The molecule has 34 heavy (non-hydrogen) atoms. The Morgan fingerprint density at radius 1 is 1.18 bits per heavy atom. The summed E-state index contributed by atoms with van der Waals surface area (Å²) in [6, 6.07) is 9.00. The van der Waals surface area contributed by atoms with E-state index in [-0.39, 0.29) is 17.6 Å². The van der Waals surface area contributed by atoms with Crippen molar-refractivity contribution in [3.05, 3.63) is 53.3 Å². The number of rotatable bonds is 5. The van der Waals surface area contributed by atoms with Gasteiger partial charge in [-0.05, 0) is 86.8 Å². The van der Waals surface area contributed by atoms with Crippen molar-refractivity contribution in [2.75, 3.05) is 7.11 Å². The predicted molar refractivity (Wildman–Crippen MR) is 135 cm³/mol. The molecule has 2 aromatic rings. The molecule has 1 fully saturated rings. The van der Waals surface area contributed by atoms with E-state index in [1.54, 1.807) is 7.11 Å². The van der Waals surface area contributed by atoms with Crippen LogP contribution in [0.5, 0.6) is 0 Å². The van der Waals surface area contributed by atoms with E-state index in [1.807, 2.05) is 17.3 Å². The highest BCUT2D eigenvalue weighted by Crippen LogP contribution is 2.63. The van der Waals surface area contributed by atoms with Gasteiger partial charge >= 0.3 is 0 Å². The van der Waals surface area contributed by atoms with E-state index >= 15 is 0 Å². The third-order valence-corrected chi connectivity index (χ3v) is 8.50. The van der Waals surface area contributed by atoms with Crippen LogP contribution in [0.25, 0.3) is 11.1 Å². The van der Waals surface area contributed by atoms with Gasteiger partial charge in [-0.15, -0.1) is 0 Å². The van der Waals surface area contributed by atoms with Crippen LogP contribution in [0, 0.1) is 5.41 Å². The summed E-state index contributed by atoms with van der Waals surface area (Å²) in [6.45, 7) is 6.32. The summed E-state index contributed by atoms with van der Waals surface area (Å²) < 4.78 is 5.70. The predicted octanol–water partition coefficient (Wildman–Crippen LogP) is 4.39. The molecule has 3 N–H and O–H groups in total. The maximum absolute atomic E-state index is 11.9. The van der Waals surface area contributed by atoms with Gasteiger partial charge in [0.2, 0.25) is 0 Å². The van der Waals surface area contributed by atoms with E-state index in [9.17, 15) is 5.11 Å². The van der Waals surface area contributed by atoms with Crippen LogP contribution >= 0.6 is 0 Å². The van der Waals surface area contributed by atoms with Gasteiger partial charge in [0.1, 0.15) is 5.54 Å². The van der Waals surface area contributed by atoms with E-state index in [0.29, 0.717) is 5.96 Å². The summed E-state index contributed by atoms with van der Waals surface area (Å²) in [7, 11) is 1.80. The van der Waals surface area contributed by atoms with Gasteiger partial charge in [0, 0.05) is 36.5 Å². The minimum Gasteiger partial charge on any atom is -0.381 e. The summed E-state index contributed by atoms with van der Waals surface area (Å²) in [4.78, 5) is 11.6. The summed E-state index contributed by atoms with van der Waals surface area (Å²) in [6.07, 6.45) is 10.3. The molecule has 2 unspecified atom stereocenters. The number of hydrogen-bond acceptors (Lipinski definition) is 6. The highest BCUT2D eigenvalue weighted by Gasteiger charge is 2.66. The number of aliphatic imine (C=N–C) groups is 1.